The van der Waals surface area contributed by atoms with Crippen molar-refractivity contribution in [1.29, 1.82) is 0 Å². The SMILES string of the molecule is Cc1cc(CN2CC3C(C2)C3CN(Cc2cccc(OC(F)(F)F)c2)C(=O)Oc2cn(C)cn2)n(C)n1. The number of ether oxygens (including phenoxy) is 2. The smallest absolute Gasteiger partial charge is 0.406 e. The van der Waals surface area contributed by atoms with E-state index in [4.69, 9.17) is 4.74 Å². The van der Waals surface area contributed by atoms with Crippen molar-refractivity contribution < 1.29 is 27.4 Å². The minimum absolute atomic E-state index is 0.0919. The molecule has 0 spiro atoms. The molecule has 1 amide bonds. The molecule has 2 unspecified atom stereocenters. The van der Waals surface area contributed by atoms with Gasteiger partial charge in [0.15, 0.2) is 0 Å². The van der Waals surface area contributed by atoms with Crippen LogP contribution in [0.5, 0.6) is 11.6 Å². The third-order valence-corrected chi connectivity index (χ3v) is 7.00. The van der Waals surface area contributed by atoms with Gasteiger partial charge in [-0.05, 0) is 48.4 Å². The van der Waals surface area contributed by atoms with Gasteiger partial charge in [0.2, 0.25) is 5.88 Å². The summed E-state index contributed by atoms with van der Waals surface area (Å²) in [5.74, 6) is 1.06. The Bertz CT molecular complexity index is 1260. The predicted octanol–water partition coefficient (Wildman–Crippen LogP) is 3.74. The second-order valence-electron chi connectivity index (χ2n) is 9.91. The summed E-state index contributed by atoms with van der Waals surface area (Å²) in [6.07, 6.45) is -2.28. The molecular weight excluding hydrogens is 489 g/mol. The molecule has 198 valence electrons. The number of imidazole rings is 1. The molecular formula is C25H29F3N6O3. The van der Waals surface area contributed by atoms with Gasteiger partial charge in [-0.1, -0.05) is 12.1 Å². The first-order valence-electron chi connectivity index (χ1n) is 12.1. The first-order chi connectivity index (χ1) is 17.5. The highest BCUT2D eigenvalue weighted by Gasteiger charge is 2.56. The van der Waals surface area contributed by atoms with Crippen LogP contribution in [0.2, 0.25) is 0 Å². The molecule has 1 aromatic carbocycles. The van der Waals surface area contributed by atoms with Crippen molar-refractivity contribution in [2.75, 3.05) is 19.6 Å². The summed E-state index contributed by atoms with van der Waals surface area (Å²) in [4.78, 5) is 21.1. The lowest BCUT2D eigenvalue weighted by atomic mass is 10.2. The van der Waals surface area contributed by atoms with Gasteiger partial charge in [-0.2, -0.15) is 5.10 Å². The number of alkyl halides is 3. The molecule has 3 aromatic rings. The minimum Gasteiger partial charge on any atom is -0.406 e. The Labute approximate surface area is 212 Å². The third-order valence-electron chi connectivity index (χ3n) is 7.00. The van der Waals surface area contributed by atoms with Crippen LogP contribution in [0.15, 0.2) is 42.9 Å². The fraction of sp³-hybridized carbons (Fsp3) is 0.480. The zero-order valence-electron chi connectivity index (χ0n) is 20.9. The Morgan fingerprint density at radius 2 is 1.95 bits per heavy atom. The number of hydrogen-bond acceptors (Lipinski definition) is 6. The maximum Gasteiger partial charge on any atom is 0.573 e. The average molecular weight is 519 g/mol. The van der Waals surface area contributed by atoms with Crippen molar-refractivity contribution in [3.63, 3.8) is 0 Å². The maximum absolute atomic E-state index is 13.1. The molecule has 1 aliphatic carbocycles. The van der Waals surface area contributed by atoms with Gasteiger partial charge in [-0.25, -0.2) is 9.78 Å². The normalized spacial score (nSPS) is 21.1. The highest BCUT2D eigenvalue weighted by atomic mass is 19.4. The predicted molar refractivity (Wildman–Crippen MR) is 126 cm³/mol. The molecule has 1 saturated heterocycles. The van der Waals surface area contributed by atoms with Crippen LogP contribution in [0.1, 0.15) is 17.0 Å². The van der Waals surface area contributed by atoms with Crippen molar-refractivity contribution >= 4 is 6.09 Å². The number of fused-ring (bicyclic) bond motifs is 1. The number of hydrogen-bond donors (Lipinski definition) is 0. The molecule has 0 N–H and O–H groups in total. The first-order valence-corrected chi connectivity index (χ1v) is 12.1. The lowest BCUT2D eigenvalue weighted by molar-refractivity contribution is -0.274. The van der Waals surface area contributed by atoms with Crippen LogP contribution >= 0.6 is 0 Å². The lowest BCUT2D eigenvalue weighted by Crippen LogP contribution is -2.37. The number of aryl methyl sites for hydroxylation is 3. The second kappa shape index (κ2) is 9.73. The molecule has 37 heavy (non-hydrogen) atoms. The van der Waals surface area contributed by atoms with Crippen LogP contribution in [-0.4, -0.2) is 61.2 Å². The molecule has 12 heteroatoms. The number of piperidine rings is 1. The van der Waals surface area contributed by atoms with Gasteiger partial charge in [0.1, 0.15) is 5.75 Å². The summed E-state index contributed by atoms with van der Waals surface area (Å²) >= 11 is 0. The molecule has 2 fully saturated rings. The molecule has 2 aromatic heterocycles. The Balaban J connectivity index is 1.24. The molecule has 0 radical (unpaired) electrons. The van der Waals surface area contributed by atoms with Gasteiger partial charge in [-0.15, -0.1) is 13.2 Å². The van der Waals surface area contributed by atoms with E-state index in [9.17, 15) is 18.0 Å². The Hall–Kier alpha value is -3.54. The standard InChI is InChI=1S/C25H29F3N6O3/c1-16-7-18(32(3)30-16)10-33-11-20-21(12-33)22(20)13-34(24(35)36-23-14-31(2)15-29-23)9-17-5-4-6-19(8-17)37-25(26,27)28/h4-8,14-15,20-22H,9-13H2,1-3H3. The third kappa shape index (κ3) is 6.07. The van der Waals surface area contributed by atoms with Gasteiger partial charge in [0.05, 0.1) is 23.9 Å². The Morgan fingerprint density at radius 3 is 2.57 bits per heavy atom. The van der Waals surface area contributed by atoms with E-state index < -0.39 is 12.5 Å². The number of likely N-dealkylation sites (tertiary alicyclic amines) is 1. The van der Waals surface area contributed by atoms with E-state index in [1.807, 2.05) is 18.7 Å². The van der Waals surface area contributed by atoms with Crippen molar-refractivity contribution in [2.24, 2.45) is 31.8 Å². The largest absolute Gasteiger partial charge is 0.573 e. The van der Waals surface area contributed by atoms with E-state index in [1.54, 1.807) is 28.8 Å². The van der Waals surface area contributed by atoms with Crippen LogP contribution in [0.4, 0.5) is 18.0 Å². The highest BCUT2D eigenvalue weighted by molar-refractivity contribution is 5.70. The topological polar surface area (TPSA) is 77.7 Å². The van der Waals surface area contributed by atoms with Crippen LogP contribution in [-0.2, 0) is 27.2 Å². The minimum atomic E-state index is -4.79. The van der Waals surface area contributed by atoms with Crippen molar-refractivity contribution in [3.05, 3.63) is 59.8 Å². The van der Waals surface area contributed by atoms with Crippen LogP contribution in [0.25, 0.3) is 0 Å². The van der Waals surface area contributed by atoms with E-state index in [2.05, 4.69) is 25.8 Å². The second-order valence-corrected chi connectivity index (χ2v) is 9.91. The van der Waals surface area contributed by atoms with Gasteiger partial charge in [0.25, 0.3) is 0 Å². The van der Waals surface area contributed by atoms with E-state index in [0.717, 1.165) is 31.0 Å². The number of carbonyl (C=O) groups excluding carboxylic acids is 1. The van der Waals surface area contributed by atoms with Crippen LogP contribution < -0.4 is 9.47 Å². The Kier molecular flexibility index (Phi) is 6.61. The fourth-order valence-electron chi connectivity index (χ4n) is 5.29. The number of rotatable bonds is 8. The molecule has 3 heterocycles. The number of carbonyl (C=O) groups is 1. The van der Waals surface area contributed by atoms with Crippen molar-refractivity contribution in [1.82, 2.24) is 29.1 Å². The van der Waals surface area contributed by atoms with E-state index >= 15 is 0 Å². The molecule has 0 bridgehead atoms. The first kappa shape index (κ1) is 25.1. The van der Waals surface area contributed by atoms with Gasteiger partial charge >= 0.3 is 12.5 Å². The zero-order chi connectivity index (χ0) is 26.3. The zero-order valence-corrected chi connectivity index (χ0v) is 20.9. The van der Waals surface area contributed by atoms with Gasteiger partial charge < -0.3 is 18.9 Å². The molecule has 1 saturated carbocycles. The number of halogens is 3. The Morgan fingerprint density at radius 1 is 1.19 bits per heavy atom. The van der Waals surface area contributed by atoms with Crippen LogP contribution in [0.3, 0.4) is 0 Å². The average Bonchev–Trinajstić information content (AvgIpc) is 3.16. The summed E-state index contributed by atoms with van der Waals surface area (Å²) in [5, 5.41) is 4.41. The highest BCUT2D eigenvalue weighted by Crippen LogP contribution is 2.52. The summed E-state index contributed by atoms with van der Waals surface area (Å²) in [5.41, 5.74) is 2.67. The van der Waals surface area contributed by atoms with Gasteiger partial charge in [0, 0.05) is 46.8 Å². The summed E-state index contributed by atoms with van der Waals surface area (Å²) in [6.45, 7) is 5.20. The molecule has 5 rings (SSSR count). The fourth-order valence-corrected chi connectivity index (χ4v) is 5.29. The van der Waals surface area contributed by atoms with E-state index in [-0.39, 0.29) is 18.2 Å². The van der Waals surface area contributed by atoms with Crippen molar-refractivity contribution in [3.8, 4) is 11.6 Å². The summed E-state index contributed by atoms with van der Waals surface area (Å²) in [6, 6.07) is 7.75. The maximum atomic E-state index is 13.1. The number of nitrogens with zero attached hydrogens (tertiary/aromatic N) is 6. The summed E-state index contributed by atoms with van der Waals surface area (Å²) in [7, 11) is 3.71. The van der Waals surface area contributed by atoms with E-state index in [1.165, 1.54) is 24.5 Å². The van der Waals surface area contributed by atoms with Crippen molar-refractivity contribution in [2.45, 2.75) is 26.4 Å². The molecule has 9 nitrogen and oxygen atoms in total. The number of aromatic nitrogens is 4. The van der Waals surface area contributed by atoms with Gasteiger partial charge in [-0.3, -0.25) is 9.58 Å². The number of amides is 1. The van der Waals surface area contributed by atoms with E-state index in [0.29, 0.717) is 29.9 Å². The lowest BCUT2D eigenvalue weighted by Gasteiger charge is -2.25. The quantitative estimate of drug-likeness (QED) is 0.452. The molecule has 1 aliphatic heterocycles. The molecule has 2 aliphatic rings. The monoisotopic (exact) mass is 518 g/mol. The molecule has 2 atom stereocenters. The summed E-state index contributed by atoms with van der Waals surface area (Å²) < 4.78 is 51.1. The van der Waals surface area contributed by atoms with Crippen LogP contribution in [0, 0.1) is 24.7 Å². The number of benzene rings is 1.